The molecule has 3 heterocycles. The molecule has 4 rings (SSSR count). The third-order valence-electron chi connectivity index (χ3n) is 6.04. The molecule has 186 valence electrons. The Bertz CT molecular complexity index is 1060. The first kappa shape index (κ1) is 25.2. The average Bonchev–Trinajstić information content (AvgIpc) is 3.53. The molecule has 11 heteroatoms. The topological polar surface area (TPSA) is 121 Å². The number of urea groups is 1. The number of benzene rings is 1. The van der Waals surface area contributed by atoms with Crippen LogP contribution in [0.25, 0.3) is 0 Å². The molecule has 2 aromatic rings. The summed E-state index contributed by atoms with van der Waals surface area (Å²) in [6.07, 6.45) is 3.38. The highest BCUT2D eigenvalue weighted by atomic mass is 32.2. The van der Waals surface area contributed by atoms with E-state index >= 15 is 0 Å². The highest BCUT2D eigenvalue weighted by molar-refractivity contribution is 8.00. The fourth-order valence-corrected chi connectivity index (χ4v) is 6.32. The second-order valence-electron chi connectivity index (χ2n) is 8.62. The predicted molar refractivity (Wildman–Crippen MR) is 139 cm³/mol. The van der Waals surface area contributed by atoms with E-state index in [1.54, 1.807) is 40.1 Å². The number of fused-ring (bicyclic) bond motifs is 1. The molecule has 0 saturated carbocycles. The Hall–Kier alpha value is -2.92. The average molecular weight is 515 g/mol. The van der Waals surface area contributed by atoms with Crippen LogP contribution in [0.5, 0.6) is 0 Å². The molecule has 0 bridgehead atoms. The maximum Gasteiger partial charge on any atom is 0.321 e. The summed E-state index contributed by atoms with van der Waals surface area (Å²) in [4.78, 5) is 51.6. The molecule has 9 nitrogen and oxygen atoms in total. The van der Waals surface area contributed by atoms with Crippen molar-refractivity contribution >= 4 is 46.7 Å². The van der Waals surface area contributed by atoms with Gasteiger partial charge in [0, 0.05) is 37.0 Å². The lowest BCUT2D eigenvalue weighted by molar-refractivity contribution is -0.125. The number of carbonyl (C=O) groups is 3. The molecule has 3 N–H and O–H groups in total. The molecular weight excluding hydrogens is 484 g/mol. The zero-order valence-corrected chi connectivity index (χ0v) is 21.3. The summed E-state index contributed by atoms with van der Waals surface area (Å²) < 4.78 is 0. The van der Waals surface area contributed by atoms with Gasteiger partial charge < -0.3 is 16.0 Å². The number of ketones is 1. The van der Waals surface area contributed by atoms with E-state index in [1.807, 2.05) is 30.3 Å². The molecule has 3 atom stereocenters. The predicted octanol–water partition coefficient (Wildman–Crippen LogP) is 2.74. The molecule has 2 fully saturated rings. The van der Waals surface area contributed by atoms with E-state index in [1.165, 1.54) is 11.3 Å². The van der Waals surface area contributed by atoms with E-state index in [4.69, 9.17) is 5.73 Å². The lowest BCUT2D eigenvalue weighted by Crippen LogP contribution is -2.58. The van der Waals surface area contributed by atoms with E-state index in [9.17, 15) is 14.4 Å². The van der Waals surface area contributed by atoms with Gasteiger partial charge in [-0.2, -0.15) is 0 Å². The van der Waals surface area contributed by atoms with Gasteiger partial charge in [0.25, 0.3) is 0 Å². The molecule has 35 heavy (non-hydrogen) atoms. The van der Waals surface area contributed by atoms with Gasteiger partial charge >= 0.3 is 6.03 Å². The van der Waals surface area contributed by atoms with Crippen LogP contribution in [0.1, 0.15) is 41.6 Å². The van der Waals surface area contributed by atoms with Crippen molar-refractivity contribution in [1.82, 2.24) is 20.1 Å². The normalized spacial score (nSPS) is 21.1. The number of carbonyl (C=O) groups excluding carboxylic acids is 3. The quantitative estimate of drug-likeness (QED) is 0.218. The van der Waals surface area contributed by atoms with Gasteiger partial charge in [-0.25, -0.2) is 9.78 Å². The number of nitrogens with two attached hydrogens (primary N) is 1. The molecule has 3 amide bonds. The Morgan fingerprint density at radius 2 is 2.11 bits per heavy atom. The van der Waals surface area contributed by atoms with Gasteiger partial charge in [0.05, 0.1) is 17.3 Å². The summed E-state index contributed by atoms with van der Waals surface area (Å²) in [7, 11) is 0. The second kappa shape index (κ2) is 11.7. The zero-order valence-electron chi connectivity index (χ0n) is 19.6. The fraction of sp³-hybridized carbons (Fsp3) is 0.458. The standard InChI is InChI=1S/C24H30N6O3S2/c1-16(25)26-10-5-8-18(21(31)23-27-11-13-34-23)28-22(32)19-15-35-20-9-12-29(24(33)30(19)20)14-17-6-3-2-4-7-17/h2-4,6-7,11,13,18-20H,5,8-10,12,14-15H2,1H3,(H2,25,26)(H,28,32)/t18-,19-,20-/m0/s1. The minimum atomic E-state index is -0.730. The first-order valence-corrected chi connectivity index (χ1v) is 13.6. The number of hydrogen-bond donors (Lipinski definition) is 2. The third-order valence-corrected chi connectivity index (χ3v) is 8.18. The highest BCUT2D eigenvalue weighted by Gasteiger charge is 2.46. The summed E-state index contributed by atoms with van der Waals surface area (Å²) in [5.41, 5.74) is 6.66. The van der Waals surface area contributed by atoms with E-state index < -0.39 is 12.1 Å². The fourth-order valence-electron chi connectivity index (χ4n) is 4.30. The van der Waals surface area contributed by atoms with E-state index in [0.29, 0.717) is 49.1 Å². The van der Waals surface area contributed by atoms with Crippen LogP contribution in [0.4, 0.5) is 4.79 Å². The van der Waals surface area contributed by atoms with Crippen molar-refractivity contribution in [2.45, 2.75) is 50.2 Å². The monoisotopic (exact) mass is 514 g/mol. The minimum Gasteiger partial charge on any atom is -0.388 e. The van der Waals surface area contributed by atoms with Crippen molar-refractivity contribution in [2.75, 3.05) is 18.8 Å². The number of aliphatic imine (C=N–C) groups is 1. The largest absolute Gasteiger partial charge is 0.388 e. The SMILES string of the molecule is CC(N)=NCCC[C@H](NC(=O)[C@@H]1CS[C@H]2CCN(Cc3ccccc3)C(=O)N21)C(=O)c1nccs1. The Labute approximate surface area is 213 Å². The number of hydrogen-bond acceptors (Lipinski definition) is 7. The second-order valence-corrected chi connectivity index (χ2v) is 10.7. The number of thioether (sulfide) groups is 1. The number of Topliss-reactive ketones (excluding diaryl/α,β-unsaturated/α-hetero) is 1. The zero-order chi connectivity index (χ0) is 24.8. The van der Waals surface area contributed by atoms with Crippen LogP contribution in [0.3, 0.4) is 0 Å². The molecular formula is C24H30N6O3S2. The van der Waals surface area contributed by atoms with Crippen LogP contribution in [0, 0.1) is 0 Å². The molecule has 2 aliphatic rings. The van der Waals surface area contributed by atoms with Crippen LogP contribution in [0.15, 0.2) is 46.9 Å². The minimum absolute atomic E-state index is 0.0275. The van der Waals surface area contributed by atoms with Gasteiger partial charge in [0.2, 0.25) is 11.7 Å². The van der Waals surface area contributed by atoms with Crippen molar-refractivity contribution in [3.05, 3.63) is 52.5 Å². The van der Waals surface area contributed by atoms with Gasteiger partial charge in [-0.3, -0.25) is 19.5 Å². The summed E-state index contributed by atoms with van der Waals surface area (Å²) in [5.74, 6) is 0.466. The van der Waals surface area contributed by atoms with Gasteiger partial charge in [0.15, 0.2) is 5.01 Å². The molecule has 2 saturated heterocycles. The number of amides is 3. The molecule has 2 aliphatic heterocycles. The first-order valence-electron chi connectivity index (χ1n) is 11.7. The van der Waals surface area contributed by atoms with Crippen molar-refractivity contribution in [3.63, 3.8) is 0 Å². The Kier molecular flexibility index (Phi) is 8.40. The van der Waals surface area contributed by atoms with Crippen molar-refractivity contribution in [3.8, 4) is 0 Å². The molecule has 1 aromatic heterocycles. The smallest absolute Gasteiger partial charge is 0.321 e. The highest BCUT2D eigenvalue weighted by Crippen LogP contribution is 2.36. The lowest BCUT2D eigenvalue weighted by atomic mass is 10.1. The maximum absolute atomic E-state index is 13.4. The van der Waals surface area contributed by atoms with E-state index in [-0.39, 0.29) is 23.1 Å². The van der Waals surface area contributed by atoms with E-state index in [0.717, 1.165) is 12.0 Å². The van der Waals surface area contributed by atoms with Crippen LogP contribution in [-0.4, -0.2) is 74.6 Å². The van der Waals surface area contributed by atoms with Crippen molar-refractivity contribution in [1.29, 1.82) is 0 Å². The molecule has 0 aliphatic carbocycles. The Morgan fingerprint density at radius 1 is 1.31 bits per heavy atom. The lowest BCUT2D eigenvalue weighted by Gasteiger charge is -2.39. The molecule has 0 spiro atoms. The van der Waals surface area contributed by atoms with Crippen LogP contribution < -0.4 is 11.1 Å². The van der Waals surface area contributed by atoms with Crippen LogP contribution in [0.2, 0.25) is 0 Å². The Balaban J connectivity index is 1.44. The number of amidine groups is 1. The maximum atomic E-state index is 13.4. The summed E-state index contributed by atoms with van der Waals surface area (Å²) >= 11 is 2.87. The molecule has 0 radical (unpaired) electrons. The van der Waals surface area contributed by atoms with Gasteiger partial charge in [-0.15, -0.1) is 23.1 Å². The summed E-state index contributed by atoms with van der Waals surface area (Å²) in [5, 5.41) is 4.99. The van der Waals surface area contributed by atoms with Gasteiger partial charge in [-0.05, 0) is 31.7 Å². The van der Waals surface area contributed by atoms with Crippen LogP contribution in [-0.2, 0) is 11.3 Å². The number of rotatable bonds is 10. The Morgan fingerprint density at radius 3 is 2.83 bits per heavy atom. The molecule has 0 unspecified atom stereocenters. The summed E-state index contributed by atoms with van der Waals surface area (Å²) in [6.45, 7) is 3.35. The summed E-state index contributed by atoms with van der Waals surface area (Å²) in [6, 6.07) is 8.36. The number of nitrogens with one attached hydrogen (secondary N) is 1. The van der Waals surface area contributed by atoms with E-state index in [2.05, 4.69) is 15.3 Å². The number of aromatic nitrogens is 1. The van der Waals surface area contributed by atoms with Crippen molar-refractivity contribution in [2.24, 2.45) is 10.7 Å². The van der Waals surface area contributed by atoms with Crippen LogP contribution >= 0.6 is 23.1 Å². The number of nitrogens with zero attached hydrogens (tertiary/aromatic N) is 4. The number of thiazole rings is 1. The third kappa shape index (κ3) is 6.21. The van der Waals surface area contributed by atoms with Crippen molar-refractivity contribution < 1.29 is 14.4 Å². The molecule has 1 aromatic carbocycles. The van der Waals surface area contributed by atoms with Gasteiger partial charge in [0.1, 0.15) is 6.04 Å². The van der Waals surface area contributed by atoms with Gasteiger partial charge in [-0.1, -0.05) is 30.3 Å². The first-order chi connectivity index (χ1) is 16.9.